The summed E-state index contributed by atoms with van der Waals surface area (Å²) in [5, 5.41) is 10.4. The predicted octanol–water partition coefficient (Wildman–Crippen LogP) is 5.10. The van der Waals surface area contributed by atoms with Gasteiger partial charge >= 0.3 is 6.18 Å². The van der Waals surface area contributed by atoms with Crippen molar-refractivity contribution in [3.8, 4) is 5.75 Å². The summed E-state index contributed by atoms with van der Waals surface area (Å²) < 4.78 is 46.8. The van der Waals surface area contributed by atoms with Crippen molar-refractivity contribution >= 4 is 46.9 Å². The molecule has 2 aromatic carbocycles. The third-order valence-corrected chi connectivity index (χ3v) is 10.1. The van der Waals surface area contributed by atoms with E-state index in [0.717, 1.165) is 55.6 Å². The van der Waals surface area contributed by atoms with Gasteiger partial charge < -0.3 is 10.1 Å². The Hall–Kier alpha value is -4.47. The van der Waals surface area contributed by atoms with E-state index in [2.05, 4.69) is 37.6 Å². The van der Waals surface area contributed by atoms with Crippen molar-refractivity contribution in [1.29, 1.82) is 0 Å². The first-order chi connectivity index (χ1) is 23.5. The summed E-state index contributed by atoms with van der Waals surface area (Å²) in [7, 11) is 1.44. The van der Waals surface area contributed by atoms with E-state index in [0.29, 0.717) is 36.3 Å². The number of thiol groups is 1. The number of carbonyl (C=O) groups is 3. The number of halogens is 3. The summed E-state index contributed by atoms with van der Waals surface area (Å²) in [6, 6.07) is 12.5. The standard InChI is InChI=1S/C34H34F3N7O4S/c1-48-28-15-25-20(14-26(28)39-31(46)24-6-3-7-29(38-24)34(35,36)37)17-44(41-25)21-10-12-42(13-11-21)16-19-4-2-5-22-23(19)18-43(33(22)49)27-8-9-30(45)40-32(27)47/h2-7,14-15,17,21,27,33,49H,8-13,16,18H2,1H3,(H,39,46)(H,40,45,47). The molecule has 2 N–H and O–H groups in total. The Kier molecular flexibility index (Phi) is 8.83. The van der Waals surface area contributed by atoms with Crippen LogP contribution in [0.5, 0.6) is 5.75 Å². The van der Waals surface area contributed by atoms with Gasteiger partial charge in [-0.1, -0.05) is 24.3 Å². The largest absolute Gasteiger partial charge is 0.494 e. The van der Waals surface area contributed by atoms with Crippen molar-refractivity contribution in [1.82, 2.24) is 29.9 Å². The lowest BCUT2D eigenvalue weighted by Crippen LogP contribution is -2.51. The highest BCUT2D eigenvalue weighted by Gasteiger charge is 2.40. The van der Waals surface area contributed by atoms with Crippen LogP contribution in [0.4, 0.5) is 18.9 Å². The van der Waals surface area contributed by atoms with E-state index in [-0.39, 0.29) is 35.0 Å². The summed E-state index contributed by atoms with van der Waals surface area (Å²) in [5.41, 5.74) is 2.94. The normalized spacial score (nSPS) is 20.8. The maximum absolute atomic E-state index is 13.1. The first-order valence-electron chi connectivity index (χ1n) is 16.0. The molecule has 11 nitrogen and oxygen atoms in total. The van der Waals surface area contributed by atoms with Crippen LogP contribution in [0.25, 0.3) is 10.9 Å². The molecular formula is C34H34F3N7O4S. The number of carbonyl (C=O) groups excluding carboxylic acids is 3. The maximum Gasteiger partial charge on any atom is 0.433 e. The Labute approximate surface area is 285 Å². The van der Waals surface area contributed by atoms with Gasteiger partial charge in [-0.2, -0.15) is 30.9 Å². The second kappa shape index (κ2) is 13.1. The number of piperidine rings is 2. The number of nitrogens with zero attached hydrogens (tertiary/aromatic N) is 5. The third-order valence-electron chi connectivity index (χ3n) is 9.54. The summed E-state index contributed by atoms with van der Waals surface area (Å²) in [4.78, 5) is 45.1. The van der Waals surface area contributed by atoms with E-state index in [9.17, 15) is 27.6 Å². The van der Waals surface area contributed by atoms with Crippen molar-refractivity contribution in [2.24, 2.45) is 0 Å². The van der Waals surface area contributed by atoms with Crippen LogP contribution in [0.1, 0.15) is 70.0 Å². The fourth-order valence-corrected chi connectivity index (χ4v) is 7.46. The zero-order valence-corrected chi connectivity index (χ0v) is 27.4. The van der Waals surface area contributed by atoms with Crippen LogP contribution in [0.2, 0.25) is 0 Å². The highest BCUT2D eigenvalue weighted by molar-refractivity contribution is 7.80. The lowest BCUT2D eigenvalue weighted by Gasteiger charge is -2.33. The number of anilines is 1. The number of ether oxygens (including phenoxy) is 1. The monoisotopic (exact) mass is 693 g/mol. The molecule has 4 aromatic rings. The maximum atomic E-state index is 13.1. The lowest BCUT2D eigenvalue weighted by atomic mass is 10.0. The molecule has 0 radical (unpaired) electrons. The van der Waals surface area contributed by atoms with Gasteiger partial charge in [-0.05, 0) is 54.2 Å². The van der Waals surface area contributed by atoms with Crippen LogP contribution in [-0.2, 0) is 28.9 Å². The van der Waals surface area contributed by atoms with Crippen LogP contribution in [0.3, 0.4) is 0 Å². The van der Waals surface area contributed by atoms with Crippen molar-refractivity contribution in [3.63, 3.8) is 0 Å². The smallest absolute Gasteiger partial charge is 0.433 e. The Morgan fingerprint density at radius 1 is 1.10 bits per heavy atom. The van der Waals surface area contributed by atoms with E-state index >= 15 is 0 Å². The van der Waals surface area contributed by atoms with E-state index < -0.39 is 17.8 Å². The lowest BCUT2D eigenvalue weighted by molar-refractivity contribution is -0.141. The van der Waals surface area contributed by atoms with E-state index in [4.69, 9.17) is 22.5 Å². The second-order valence-electron chi connectivity index (χ2n) is 12.6. The molecule has 15 heteroatoms. The zero-order chi connectivity index (χ0) is 34.4. The Morgan fingerprint density at radius 3 is 2.61 bits per heavy atom. The molecule has 3 amide bonds. The van der Waals surface area contributed by atoms with Gasteiger partial charge in [-0.25, -0.2) is 4.98 Å². The topological polar surface area (TPSA) is 122 Å². The average molecular weight is 694 g/mol. The van der Waals surface area contributed by atoms with Crippen molar-refractivity contribution in [3.05, 3.63) is 82.8 Å². The molecule has 256 valence electrons. The number of hydrogen-bond donors (Lipinski definition) is 3. The molecule has 3 aliphatic heterocycles. The van der Waals surface area contributed by atoms with Gasteiger partial charge in [0.1, 0.15) is 17.1 Å². The number of imide groups is 1. The highest BCUT2D eigenvalue weighted by atomic mass is 32.1. The number of aromatic nitrogens is 3. The molecule has 0 aliphatic carbocycles. The fraction of sp³-hybridized carbons (Fsp3) is 0.382. The van der Waals surface area contributed by atoms with Gasteiger partial charge in [0.15, 0.2) is 0 Å². The summed E-state index contributed by atoms with van der Waals surface area (Å²) >= 11 is 4.86. The average Bonchev–Trinajstić information content (AvgIpc) is 3.65. The van der Waals surface area contributed by atoms with Gasteiger partial charge in [-0.15, -0.1) is 0 Å². The minimum absolute atomic E-state index is 0.147. The minimum atomic E-state index is -4.67. The minimum Gasteiger partial charge on any atom is -0.494 e. The molecular weight excluding hydrogens is 659 g/mol. The summed E-state index contributed by atoms with van der Waals surface area (Å²) in [6.45, 7) is 3.06. The molecule has 2 saturated heterocycles. The quantitative estimate of drug-likeness (QED) is 0.181. The number of alkyl halides is 3. The van der Waals surface area contributed by atoms with Crippen LogP contribution >= 0.6 is 12.6 Å². The number of pyridine rings is 1. The van der Waals surface area contributed by atoms with Gasteiger partial charge in [-0.3, -0.25) is 34.2 Å². The molecule has 7 rings (SSSR count). The number of benzene rings is 2. The molecule has 49 heavy (non-hydrogen) atoms. The third kappa shape index (κ3) is 6.62. The first kappa shape index (κ1) is 33.0. The Bertz CT molecular complexity index is 1940. The summed E-state index contributed by atoms with van der Waals surface area (Å²) in [5.74, 6) is -0.960. The number of likely N-dealkylation sites (tertiary alicyclic amines) is 1. The summed E-state index contributed by atoms with van der Waals surface area (Å²) in [6.07, 6.45) is -0.222. The second-order valence-corrected chi connectivity index (χ2v) is 13.1. The van der Waals surface area contributed by atoms with E-state index in [1.165, 1.54) is 24.3 Å². The van der Waals surface area contributed by atoms with Crippen LogP contribution in [0.15, 0.2) is 54.7 Å². The van der Waals surface area contributed by atoms with Gasteiger partial charge in [0.2, 0.25) is 11.8 Å². The molecule has 2 unspecified atom stereocenters. The SMILES string of the molecule is COc1cc2nn(C3CCN(Cc4cccc5c4CN(C4CCC(=O)NC4=O)C5S)CC3)cc2cc1NC(=O)c1cccc(C(F)(F)F)n1. The number of hydrogen-bond acceptors (Lipinski definition) is 9. The molecule has 0 saturated carbocycles. The number of methoxy groups -OCH3 is 1. The molecule has 5 heterocycles. The van der Waals surface area contributed by atoms with Crippen LogP contribution < -0.4 is 15.4 Å². The fourth-order valence-electron chi connectivity index (χ4n) is 6.98. The van der Waals surface area contributed by atoms with Crippen LogP contribution in [0, 0.1) is 0 Å². The Balaban J connectivity index is 1.01. The first-order valence-corrected chi connectivity index (χ1v) is 16.5. The molecule has 0 bridgehead atoms. The van der Waals surface area contributed by atoms with Gasteiger partial charge in [0.25, 0.3) is 5.91 Å². The Morgan fingerprint density at radius 2 is 1.88 bits per heavy atom. The van der Waals surface area contributed by atoms with Crippen LogP contribution in [-0.4, -0.2) is 68.5 Å². The number of rotatable bonds is 7. The molecule has 0 spiro atoms. The van der Waals surface area contributed by atoms with E-state index in [1.807, 2.05) is 16.9 Å². The number of fused-ring (bicyclic) bond motifs is 2. The van der Waals surface area contributed by atoms with Crippen molar-refractivity contribution < 1.29 is 32.3 Å². The van der Waals surface area contributed by atoms with E-state index in [1.54, 1.807) is 12.1 Å². The zero-order valence-electron chi connectivity index (χ0n) is 26.5. The number of amides is 3. The van der Waals surface area contributed by atoms with Gasteiger partial charge in [0.05, 0.1) is 35.8 Å². The van der Waals surface area contributed by atoms with Crippen molar-refractivity contribution in [2.45, 2.75) is 62.4 Å². The molecule has 3 aliphatic rings. The predicted molar refractivity (Wildman–Crippen MR) is 177 cm³/mol. The molecule has 2 fully saturated rings. The van der Waals surface area contributed by atoms with Gasteiger partial charge in [0, 0.05) is 50.2 Å². The number of nitrogens with one attached hydrogen (secondary N) is 2. The molecule has 2 atom stereocenters. The molecule has 2 aromatic heterocycles. The van der Waals surface area contributed by atoms with Crippen molar-refractivity contribution in [2.75, 3.05) is 25.5 Å². The highest BCUT2D eigenvalue weighted by Crippen LogP contribution is 2.41.